The molecule has 0 aliphatic carbocycles. The fraction of sp³-hybridized carbons (Fsp3) is 0.435. The van der Waals surface area contributed by atoms with Crippen LogP contribution in [0.2, 0.25) is 5.02 Å². The van der Waals surface area contributed by atoms with Crippen LogP contribution >= 0.6 is 22.9 Å². The second-order valence-electron chi connectivity index (χ2n) is 7.91. The number of hydrogen-bond donors (Lipinski definition) is 2. The van der Waals surface area contributed by atoms with E-state index >= 15 is 0 Å². The van der Waals surface area contributed by atoms with E-state index in [1.807, 2.05) is 18.7 Å². The number of benzene rings is 1. The molecule has 3 rings (SSSR count). The number of aliphatic hydroxyl groups excluding tert-OH is 1. The highest BCUT2D eigenvalue weighted by molar-refractivity contribution is 7.20. The molecule has 0 fully saturated rings. The Morgan fingerprint density at radius 3 is 2.64 bits per heavy atom. The molecule has 2 heterocycles. The van der Waals surface area contributed by atoms with Crippen molar-refractivity contribution < 1.29 is 19.4 Å². The van der Waals surface area contributed by atoms with Gasteiger partial charge in [-0.25, -0.2) is 9.78 Å². The number of rotatable bonds is 10. The number of aromatic nitrogens is 2. The highest BCUT2D eigenvalue weighted by Gasteiger charge is 2.22. The number of aryl methyl sites for hydroxylation is 1. The van der Waals surface area contributed by atoms with E-state index < -0.39 is 12.1 Å². The van der Waals surface area contributed by atoms with Gasteiger partial charge in [0.05, 0.1) is 18.5 Å². The summed E-state index contributed by atoms with van der Waals surface area (Å²) in [6.45, 7) is 8.47. The quantitative estimate of drug-likeness (QED) is 0.414. The Hall–Kier alpha value is -2.46. The number of H-pyrrole nitrogens is 1. The molecule has 0 saturated heterocycles. The lowest BCUT2D eigenvalue weighted by atomic mass is 10.2. The van der Waals surface area contributed by atoms with Crippen LogP contribution < -0.4 is 10.3 Å². The zero-order chi connectivity index (χ0) is 24.1. The maximum Gasteiger partial charge on any atom is 0.348 e. The fourth-order valence-corrected chi connectivity index (χ4v) is 4.57. The van der Waals surface area contributed by atoms with Crippen LogP contribution in [0.3, 0.4) is 0 Å². The van der Waals surface area contributed by atoms with Gasteiger partial charge in [-0.2, -0.15) is 0 Å². The SMILES string of the molecule is CCOC(=O)c1sc2nc(CN(C[C@@H](O)COc3ccc(Cl)cc3)C(C)C)[nH]c(=O)c2c1C. The molecule has 8 nitrogen and oxygen atoms in total. The lowest BCUT2D eigenvalue weighted by Gasteiger charge is -2.28. The van der Waals surface area contributed by atoms with Gasteiger partial charge in [0, 0.05) is 17.6 Å². The van der Waals surface area contributed by atoms with Crippen LogP contribution in [0, 0.1) is 6.92 Å². The number of esters is 1. The maximum atomic E-state index is 12.7. The first-order chi connectivity index (χ1) is 15.7. The zero-order valence-electron chi connectivity index (χ0n) is 19.1. The molecular weight excluding hydrogens is 466 g/mol. The molecule has 10 heteroatoms. The molecule has 0 spiro atoms. The van der Waals surface area contributed by atoms with E-state index in [4.69, 9.17) is 21.1 Å². The van der Waals surface area contributed by atoms with Crippen molar-refractivity contribution in [3.05, 3.63) is 55.9 Å². The molecule has 2 N–H and O–H groups in total. The molecule has 3 aromatic rings. The van der Waals surface area contributed by atoms with Crippen molar-refractivity contribution in [3.8, 4) is 5.75 Å². The van der Waals surface area contributed by atoms with Crippen molar-refractivity contribution >= 4 is 39.1 Å². The van der Waals surface area contributed by atoms with Gasteiger partial charge < -0.3 is 19.6 Å². The first-order valence-electron chi connectivity index (χ1n) is 10.7. The zero-order valence-corrected chi connectivity index (χ0v) is 20.6. The summed E-state index contributed by atoms with van der Waals surface area (Å²) in [5, 5.41) is 11.5. The maximum absolute atomic E-state index is 12.7. The lowest BCUT2D eigenvalue weighted by Crippen LogP contribution is -2.40. The fourth-order valence-electron chi connectivity index (χ4n) is 3.35. The molecule has 0 radical (unpaired) electrons. The number of nitrogens with zero attached hydrogens (tertiary/aromatic N) is 2. The smallest absolute Gasteiger partial charge is 0.348 e. The van der Waals surface area contributed by atoms with Crippen LogP contribution in [0.1, 0.15) is 41.8 Å². The summed E-state index contributed by atoms with van der Waals surface area (Å²) in [5.74, 6) is 0.631. The Labute approximate surface area is 201 Å². The second kappa shape index (κ2) is 11.1. The molecule has 0 bridgehead atoms. The van der Waals surface area contributed by atoms with Crippen LogP contribution in [0.25, 0.3) is 10.2 Å². The lowest BCUT2D eigenvalue weighted by molar-refractivity contribution is 0.0529. The largest absolute Gasteiger partial charge is 0.491 e. The van der Waals surface area contributed by atoms with Crippen molar-refractivity contribution in [2.45, 2.75) is 46.4 Å². The number of aromatic amines is 1. The van der Waals surface area contributed by atoms with Gasteiger partial charge in [-0.3, -0.25) is 9.69 Å². The van der Waals surface area contributed by atoms with Crippen molar-refractivity contribution in [2.75, 3.05) is 19.8 Å². The Morgan fingerprint density at radius 2 is 2.00 bits per heavy atom. The van der Waals surface area contributed by atoms with Crippen LogP contribution in [-0.2, 0) is 11.3 Å². The van der Waals surface area contributed by atoms with E-state index in [1.54, 1.807) is 38.1 Å². The average Bonchev–Trinajstić information content (AvgIpc) is 3.10. The summed E-state index contributed by atoms with van der Waals surface area (Å²) >= 11 is 7.03. The Morgan fingerprint density at radius 1 is 1.30 bits per heavy atom. The number of nitrogens with one attached hydrogen (secondary N) is 1. The van der Waals surface area contributed by atoms with Gasteiger partial charge in [-0.1, -0.05) is 11.6 Å². The van der Waals surface area contributed by atoms with Crippen molar-refractivity contribution in [1.29, 1.82) is 0 Å². The van der Waals surface area contributed by atoms with Gasteiger partial charge in [-0.05, 0) is 57.5 Å². The normalized spacial score (nSPS) is 12.5. The monoisotopic (exact) mass is 493 g/mol. The molecule has 0 unspecified atom stereocenters. The number of hydrogen-bond acceptors (Lipinski definition) is 8. The van der Waals surface area contributed by atoms with E-state index in [0.717, 1.165) is 11.3 Å². The Bertz CT molecular complexity index is 1160. The first-order valence-corrected chi connectivity index (χ1v) is 11.9. The number of thiophene rings is 1. The van der Waals surface area contributed by atoms with E-state index in [1.165, 1.54) is 0 Å². The first kappa shape index (κ1) is 25.2. The predicted molar refractivity (Wildman–Crippen MR) is 129 cm³/mol. The molecular formula is C23H28ClN3O5S. The van der Waals surface area contributed by atoms with E-state index in [-0.39, 0.29) is 24.8 Å². The molecule has 0 aliphatic rings. The molecule has 178 valence electrons. The van der Waals surface area contributed by atoms with E-state index in [9.17, 15) is 14.7 Å². The van der Waals surface area contributed by atoms with Gasteiger partial charge in [-0.15, -0.1) is 11.3 Å². The standard InChI is InChI=1S/C23H28ClN3O5S/c1-5-31-23(30)20-14(4)19-21(29)25-18(26-22(19)33-20)11-27(13(2)3)10-16(28)12-32-17-8-6-15(24)7-9-17/h6-9,13,16,28H,5,10-12H2,1-4H3,(H,25,26,29)/t16-/m1/s1. The molecule has 2 aromatic heterocycles. The van der Waals surface area contributed by atoms with E-state index in [0.29, 0.717) is 50.3 Å². The minimum atomic E-state index is -0.752. The molecule has 0 aliphatic heterocycles. The van der Waals surface area contributed by atoms with Gasteiger partial charge in [0.1, 0.15) is 34.0 Å². The third-order valence-corrected chi connectivity index (χ3v) is 6.51. The summed E-state index contributed by atoms with van der Waals surface area (Å²) in [6.07, 6.45) is -0.752. The van der Waals surface area contributed by atoms with Gasteiger partial charge in [0.25, 0.3) is 5.56 Å². The Balaban J connectivity index is 1.73. The molecule has 0 saturated carbocycles. The van der Waals surface area contributed by atoms with Gasteiger partial charge in [0.2, 0.25) is 0 Å². The number of fused-ring (bicyclic) bond motifs is 1. The second-order valence-corrected chi connectivity index (χ2v) is 9.35. The third kappa shape index (κ3) is 6.32. The van der Waals surface area contributed by atoms with Gasteiger partial charge >= 0.3 is 5.97 Å². The summed E-state index contributed by atoms with van der Waals surface area (Å²) in [5.41, 5.74) is 0.277. The number of ether oxygens (including phenoxy) is 2. The summed E-state index contributed by atoms with van der Waals surface area (Å²) in [7, 11) is 0. The number of carbonyl (C=O) groups excluding carboxylic acids is 1. The minimum absolute atomic E-state index is 0.0799. The molecule has 33 heavy (non-hydrogen) atoms. The average molecular weight is 494 g/mol. The topological polar surface area (TPSA) is 105 Å². The summed E-state index contributed by atoms with van der Waals surface area (Å²) in [6, 6.07) is 7.01. The van der Waals surface area contributed by atoms with E-state index in [2.05, 4.69) is 9.97 Å². The predicted octanol–water partition coefficient (Wildman–Crippen LogP) is 3.77. The van der Waals surface area contributed by atoms with Crippen molar-refractivity contribution in [2.24, 2.45) is 0 Å². The molecule has 0 amide bonds. The number of aliphatic hydroxyl groups is 1. The van der Waals surface area contributed by atoms with Crippen LogP contribution in [0.5, 0.6) is 5.75 Å². The van der Waals surface area contributed by atoms with Crippen LogP contribution in [0.15, 0.2) is 29.1 Å². The highest BCUT2D eigenvalue weighted by atomic mass is 35.5. The van der Waals surface area contributed by atoms with Crippen LogP contribution in [-0.4, -0.2) is 57.8 Å². The van der Waals surface area contributed by atoms with Gasteiger partial charge in [0.15, 0.2) is 0 Å². The highest BCUT2D eigenvalue weighted by Crippen LogP contribution is 2.28. The summed E-state index contributed by atoms with van der Waals surface area (Å²) < 4.78 is 10.7. The third-order valence-electron chi connectivity index (χ3n) is 5.09. The minimum Gasteiger partial charge on any atom is -0.491 e. The summed E-state index contributed by atoms with van der Waals surface area (Å²) in [4.78, 5) is 35.2. The molecule has 1 atom stereocenters. The number of carbonyl (C=O) groups is 1. The van der Waals surface area contributed by atoms with Crippen molar-refractivity contribution in [1.82, 2.24) is 14.9 Å². The molecule has 1 aromatic carbocycles. The number of halogens is 1. The Kier molecular flexibility index (Phi) is 8.47. The van der Waals surface area contributed by atoms with Crippen LogP contribution in [0.4, 0.5) is 0 Å². The van der Waals surface area contributed by atoms with Crippen molar-refractivity contribution in [3.63, 3.8) is 0 Å².